The van der Waals surface area contributed by atoms with Gasteiger partial charge in [-0.25, -0.2) is 0 Å². The summed E-state index contributed by atoms with van der Waals surface area (Å²) < 4.78 is 10.7. The molecule has 0 radical (unpaired) electrons. The molecule has 5 heteroatoms. The van der Waals surface area contributed by atoms with Crippen LogP contribution in [0.5, 0.6) is 11.5 Å². The maximum Gasteiger partial charge on any atom is 0.231 e. The summed E-state index contributed by atoms with van der Waals surface area (Å²) in [7, 11) is 0. The summed E-state index contributed by atoms with van der Waals surface area (Å²) in [5, 5.41) is 4.78. The maximum atomic E-state index is 6.26. The fourth-order valence-electron chi connectivity index (χ4n) is 2.32. The van der Waals surface area contributed by atoms with Gasteiger partial charge in [0.1, 0.15) is 0 Å². The molecule has 21 heavy (non-hydrogen) atoms. The third-order valence-corrected chi connectivity index (χ3v) is 3.88. The molecule has 0 aromatic heterocycles. The summed E-state index contributed by atoms with van der Waals surface area (Å²) in [5.41, 5.74) is 2.07. The normalized spacial score (nSPS) is 14.0. The maximum absolute atomic E-state index is 6.26. The van der Waals surface area contributed by atoms with Crippen molar-refractivity contribution >= 4 is 28.9 Å². The number of fused-ring (bicyclic) bond motifs is 1. The second kappa shape index (κ2) is 6.04. The van der Waals surface area contributed by atoms with Crippen molar-refractivity contribution in [1.29, 1.82) is 0 Å². The largest absolute Gasteiger partial charge is 0.454 e. The quantitative estimate of drug-likeness (QED) is 0.879. The molecule has 1 atom stereocenters. The van der Waals surface area contributed by atoms with Crippen LogP contribution in [0, 0.1) is 0 Å². The summed E-state index contributed by atoms with van der Waals surface area (Å²) >= 11 is 12.2. The van der Waals surface area contributed by atoms with Gasteiger partial charge in [-0.2, -0.15) is 0 Å². The first kappa shape index (κ1) is 14.4. The van der Waals surface area contributed by atoms with E-state index in [-0.39, 0.29) is 12.8 Å². The molecule has 2 aromatic carbocycles. The van der Waals surface area contributed by atoms with Crippen molar-refractivity contribution in [3.05, 3.63) is 52.0 Å². The Morgan fingerprint density at radius 3 is 2.48 bits per heavy atom. The molecule has 1 heterocycles. The summed E-state index contributed by atoms with van der Waals surface area (Å²) in [5.74, 6) is 1.41. The van der Waals surface area contributed by atoms with Crippen molar-refractivity contribution in [3.8, 4) is 11.5 Å². The molecule has 1 N–H and O–H groups in total. The van der Waals surface area contributed by atoms with E-state index in [0.29, 0.717) is 10.8 Å². The van der Waals surface area contributed by atoms with E-state index in [1.165, 1.54) is 5.56 Å². The van der Waals surface area contributed by atoms with Crippen LogP contribution in [-0.2, 0) is 6.42 Å². The van der Waals surface area contributed by atoms with Crippen molar-refractivity contribution in [2.24, 2.45) is 0 Å². The van der Waals surface area contributed by atoms with Crippen LogP contribution < -0.4 is 14.8 Å². The zero-order chi connectivity index (χ0) is 14.8. The highest BCUT2D eigenvalue weighted by Crippen LogP contribution is 2.39. The Labute approximate surface area is 133 Å². The number of halogens is 2. The van der Waals surface area contributed by atoms with E-state index in [1.807, 2.05) is 30.3 Å². The van der Waals surface area contributed by atoms with Crippen molar-refractivity contribution in [1.82, 2.24) is 0 Å². The Morgan fingerprint density at radius 1 is 1.10 bits per heavy atom. The summed E-state index contributed by atoms with van der Waals surface area (Å²) in [6.07, 6.45) is 0.877. The minimum atomic E-state index is 0.226. The van der Waals surface area contributed by atoms with Crippen LogP contribution >= 0.6 is 23.2 Å². The molecule has 0 spiro atoms. The van der Waals surface area contributed by atoms with Crippen molar-refractivity contribution in [2.45, 2.75) is 19.4 Å². The van der Waals surface area contributed by atoms with E-state index in [9.17, 15) is 0 Å². The van der Waals surface area contributed by atoms with E-state index < -0.39 is 0 Å². The molecule has 0 bridgehead atoms. The Kier molecular flexibility index (Phi) is 4.13. The van der Waals surface area contributed by atoms with Crippen LogP contribution in [0.2, 0.25) is 10.0 Å². The molecule has 0 saturated heterocycles. The van der Waals surface area contributed by atoms with Crippen LogP contribution in [0.1, 0.15) is 12.5 Å². The van der Waals surface area contributed by atoms with Gasteiger partial charge in [0.25, 0.3) is 0 Å². The minimum Gasteiger partial charge on any atom is -0.454 e. The number of nitrogens with one attached hydrogen (secondary N) is 1. The molecule has 2 aromatic rings. The van der Waals surface area contributed by atoms with Gasteiger partial charge in [0, 0.05) is 23.2 Å². The molecular weight excluding hydrogens is 309 g/mol. The fourth-order valence-corrected chi connectivity index (χ4v) is 2.65. The van der Waals surface area contributed by atoms with Gasteiger partial charge in [-0.1, -0.05) is 35.3 Å². The van der Waals surface area contributed by atoms with Crippen LogP contribution in [0.15, 0.2) is 36.4 Å². The SMILES string of the molecule is CC(Cc1ccc(Cl)cc1)Nc1cc2c(cc1Cl)OCO2. The van der Waals surface area contributed by atoms with Crippen LogP contribution in [0.4, 0.5) is 5.69 Å². The Hall–Kier alpha value is -1.58. The lowest BCUT2D eigenvalue weighted by molar-refractivity contribution is 0.174. The average molecular weight is 324 g/mol. The van der Waals surface area contributed by atoms with Gasteiger partial charge in [0.2, 0.25) is 6.79 Å². The van der Waals surface area contributed by atoms with Gasteiger partial charge in [-0.3, -0.25) is 0 Å². The van der Waals surface area contributed by atoms with E-state index >= 15 is 0 Å². The number of anilines is 1. The van der Waals surface area contributed by atoms with E-state index in [1.54, 1.807) is 6.07 Å². The Balaban J connectivity index is 1.70. The van der Waals surface area contributed by atoms with E-state index in [2.05, 4.69) is 12.2 Å². The van der Waals surface area contributed by atoms with Gasteiger partial charge < -0.3 is 14.8 Å². The van der Waals surface area contributed by atoms with Gasteiger partial charge in [-0.05, 0) is 31.0 Å². The van der Waals surface area contributed by atoms with Gasteiger partial charge in [0.15, 0.2) is 11.5 Å². The average Bonchev–Trinajstić information content (AvgIpc) is 2.89. The van der Waals surface area contributed by atoms with Gasteiger partial charge in [0.05, 0.1) is 10.7 Å². The van der Waals surface area contributed by atoms with E-state index in [0.717, 1.165) is 22.9 Å². The highest BCUT2D eigenvalue weighted by molar-refractivity contribution is 6.33. The second-order valence-electron chi connectivity index (χ2n) is 5.06. The molecule has 0 amide bonds. The fraction of sp³-hybridized carbons (Fsp3) is 0.250. The minimum absolute atomic E-state index is 0.226. The Morgan fingerprint density at radius 2 is 1.76 bits per heavy atom. The number of ether oxygens (including phenoxy) is 2. The summed E-state index contributed by atoms with van der Waals surface area (Å²) in [6, 6.07) is 11.7. The second-order valence-corrected chi connectivity index (χ2v) is 5.90. The molecule has 1 unspecified atom stereocenters. The van der Waals surface area contributed by atoms with Crippen molar-refractivity contribution in [3.63, 3.8) is 0 Å². The number of benzene rings is 2. The highest BCUT2D eigenvalue weighted by Gasteiger charge is 2.17. The van der Waals surface area contributed by atoms with E-state index in [4.69, 9.17) is 32.7 Å². The molecule has 3 rings (SSSR count). The lowest BCUT2D eigenvalue weighted by Crippen LogP contribution is -2.18. The van der Waals surface area contributed by atoms with Crippen LogP contribution in [-0.4, -0.2) is 12.8 Å². The van der Waals surface area contributed by atoms with Crippen LogP contribution in [0.3, 0.4) is 0 Å². The van der Waals surface area contributed by atoms with Crippen LogP contribution in [0.25, 0.3) is 0 Å². The molecule has 0 fully saturated rings. The zero-order valence-corrected chi connectivity index (χ0v) is 13.0. The smallest absolute Gasteiger partial charge is 0.231 e. The Bertz CT molecular complexity index is 643. The number of hydrogen-bond acceptors (Lipinski definition) is 3. The predicted octanol–water partition coefficient (Wildman–Crippen LogP) is 4.77. The lowest BCUT2D eigenvalue weighted by atomic mass is 10.1. The first-order valence-electron chi connectivity index (χ1n) is 6.72. The predicted molar refractivity (Wildman–Crippen MR) is 85.8 cm³/mol. The first-order chi connectivity index (χ1) is 10.1. The lowest BCUT2D eigenvalue weighted by Gasteiger charge is -2.17. The third-order valence-electron chi connectivity index (χ3n) is 3.32. The molecule has 0 saturated carbocycles. The number of hydrogen-bond donors (Lipinski definition) is 1. The standard InChI is InChI=1S/C16H15Cl2NO2/c1-10(6-11-2-4-12(17)5-3-11)19-14-8-16-15(7-13(14)18)20-9-21-16/h2-5,7-8,10,19H,6,9H2,1H3. The molecule has 1 aliphatic rings. The van der Waals surface area contributed by atoms with Crippen molar-refractivity contribution < 1.29 is 9.47 Å². The summed E-state index contributed by atoms with van der Waals surface area (Å²) in [6.45, 7) is 2.35. The third kappa shape index (κ3) is 3.36. The molecule has 0 aliphatic carbocycles. The summed E-state index contributed by atoms with van der Waals surface area (Å²) in [4.78, 5) is 0. The highest BCUT2D eigenvalue weighted by atomic mass is 35.5. The molecular formula is C16H15Cl2NO2. The van der Waals surface area contributed by atoms with Gasteiger partial charge in [-0.15, -0.1) is 0 Å². The zero-order valence-electron chi connectivity index (χ0n) is 11.5. The monoisotopic (exact) mass is 323 g/mol. The number of rotatable bonds is 4. The molecule has 110 valence electrons. The first-order valence-corrected chi connectivity index (χ1v) is 7.47. The topological polar surface area (TPSA) is 30.5 Å². The molecule has 1 aliphatic heterocycles. The van der Waals surface area contributed by atoms with Crippen molar-refractivity contribution in [2.75, 3.05) is 12.1 Å². The molecule has 3 nitrogen and oxygen atoms in total. The van der Waals surface area contributed by atoms with Gasteiger partial charge >= 0.3 is 0 Å².